The monoisotopic (exact) mass is 411 g/mol. The predicted octanol–water partition coefficient (Wildman–Crippen LogP) is 4.08. The van der Waals surface area contributed by atoms with E-state index in [0.717, 1.165) is 29.2 Å². The van der Waals surface area contributed by atoms with Crippen LogP contribution in [0, 0.1) is 5.92 Å². The van der Waals surface area contributed by atoms with E-state index in [1.807, 2.05) is 48.7 Å². The molecule has 0 unspecified atom stereocenters. The summed E-state index contributed by atoms with van der Waals surface area (Å²) in [4.78, 5) is 29.5. The number of hydrogen-bond acceptors (Lipinski definition) is 4. The van der Waals surface area contributed by atoms with E-state index in [1.54, 1.807) is 29.2 Å². The maximum atomic E-state index is 13.1. The number of nitrogens with one attached hydrogen (secondary N) is 2. The number of benzene rings is 2. The van der Waals surface area contributed by atoms with Crippen LogP contribution in [-0.4, -0.2) is 26.6 Å². The highest BCUT2D eigenvalue weighted by Crippen LogP contribution is 2.32. The molecule has 0 radical (unpaired) electrons. The first-order valence-corrected chi connectivity index (χ1v) is 10.2. The molecule has 2 N–H and O–H groups in total. The van der Waals surface area contributed by atoms with Crippen molar-refractivity contribution in [1.29, 1.82) is 0 Å². The van der Waals surface area contributed by atoms with Crippen molar-refractivity contribution < 1.29 is 9.59 Å². The molecule has 2 heterocycles. The molecule has 1 aliphatic carbocycles. The van der Waals surface area contributed by atoms with Crippen LogP contribution in [0.25, 0.3) is 10.8 Å². The van der Waals surface area contributed by atoms with Crippen molar-refractivity contribution in [3.63, 3.8) is 0 Å². The Morgan fingerprint density at radius 1 is 0.968 bits per heavy atom. The molecule has 154 valence electrons. The van der Waals surface area contributed by atoms with Crippen molar-refractivity contribution in [2.75, 3.05) is 10.6 Å². The Hall–Kier alpha value is -4.00. The summed E-state index contributed by atoms with van der Waals surface area (Å²) in [5.41, 5.74) is 2.00. The van der Waals surface area contributed by atoms with Crippen molar-refractivity contribution in [2.24, 2.45) is 5.92 Å². The van der Waals surface area contributed by atoms with Gasteiger partial charge < -0.3 is 10.6 Å². The largest absolute Gasteiger partial charge is 0.325 e. The Balaban J connectivity index is 1.39. The number of anilines is 2. The van der Waals surface area contributed by atoms with Crippen LogP contribution in [0.3, 0.4) is 0 Å². The molecule has 2 aromatic heterocycles. The Bertz CT molecular complexity index is 1260. The molecule has 4 aromatic rings. The average molecular weight is 411 g/mol. The van der Waals surface area contributed by atoms with Crippen molar-refractivity contribution in [2.45, 2.75) is 19.4 Å². The van der Waals surface area contributed by atoms with Gasteiger partial charge in [0.1, 0.15) is 0 Å². The third-order valence-electron chi connectivity index (χ3n) is 5.31. The molecule has 2 aromatic carbocycles. The highest BCUT2D eigenvalue weighted by atomic mass is 16.2. The Kier molecular flexibility index (Phi) is 4.92. The van der Waals surface area contributed by atoms with Gasteiger partial charge in [-0.1, -0.05) is 24.3 Å². The van der Waals surface area contributed by atoms with Crippen LogP contribution >= 0.6 is 0 Å². The number of rotatable bonds is 6. The van der Waals surface area contributed by atoms with Gasteiger partial charge >= 0.3 is 0 Å². The second-order valence-electron chi connectivity index (χ2n) is 7.72. The Labute approximate surface area is 179 Å². The number of carbonyl (C=O) groups is 2. The fourth-order valence-electron chi connectivity index (χ4n) is 3.49. The topological polar surface area (TPSA) is 88.9 Å². The minimum Gasteiger partial charge on any atom is -0.325 e. The second kappa shape index (κ2) is 8.02. The highest BCUT2D eigenvalue weighted by Gasteiger charge is 2.30. The van der Waals surface area contributed by atoms with Crippen LogP contribution in [0.4, 0.5) is 11.5 Å². The van der Waals surface area contributed by atoms with Gasteiger partial charge in [-0.15, -0.1) is 0 Å². The van der Waals surface area contributed by atoms with Gasteiger partial charge in [-0.25, -0.2) is 0 Å². The minimum atomic E-state index is -0.314. The van der Waals surface area contributed by atoms with Gasteiger partial charge in [-0.05, 0) is 53.4 Å². The molecule has 0 spiro atoms. The van der Waals surface area contributed by atoms with E-state index in [-0.39, 0.29) is 17.7 Å². The molecule has 0 saturated heterocycles. The zero-order chi connectivity index (χ0) is 21.2. The normalized spacial score (nSPS) is 13.2. The summed E-state index contributed by atoms with van der Waals surface area (Å²) in [6.07, 6.45) is 7.08. The first kappa shape index (κ1) is 19.0. The lowest BCUT2D eigenvalue weighted by Gasteiger charge is -2.12. The Morgan fingerprint density at radius 2 is 1.71 bits per heavy atom. The summed E-state index contributed by atoms with van der Waals surface area (Å²) in [6.45, 7) is 0.580. The zero-order valence-corrected chi connectivity index (χ0v) is 16.8. The zero-order valence-electron chi connectivity index (χ0n) is 16.8. The number of aromatic nitrogens is 3. The number of hydrogen-bond donors (Lipinski definition) is 2. The fourth-order valence-corrected chi connectivity index (χ4v) is 3.49. The van der Waals surface area contributed by atoms with Gasteiger partial charge in [0.25, 0.3) is 5.91 Å². The molecule has 1 saturated carbocycles. The number of nitrogens with zero attached hydrogens (tertiary/aromatic N) is 3. The van der Waals surface area contributed by atoms with Crippen LogP contribution in [0.15, 0.2) is 73.2 Å². The predicted molar refractivity (Wildman–Crippen MR) is 119 cm³/mol. The molecule has 1 fully saturated rings. The van der Waals surface area contributed by atoms with Gasteiger partial charge in [0.05, 0.1) is 17.8 Å². The van der Waals surface area contributed by atoms with E-state index >= 15 is 0 Å². The second-order valence-corrected chi connectivity index (χ2v) is 7.72. The van der Waals surface area contributed by atoms with Crippen molar-refractivity contribution >= 4 is 34.1 Å². The van der Waals surface area contributed by atoms with E-state index < -0.39 is 0 Å². The molecule has 2 amide bonds. The van der Waals surface area contributed by atoms with Gasteiger partial charge in [-0.3, -0.25) is 19.3 Å². The summed E-state index contributed by atoms with van der Waals surface area (Å²) >= 11 is 0. The number of pyridine rings is 1. The minimum absolute atomic E-state index is 0.0361. The van der Waals surface area contributed by atoms with Crippen LogP contribution in [0.5, 0.6) is 0 Å². The molecule has 31 heavy (non-hydrogen) atoms. The summed E-state index contributed by atoms with van der Waals surface area (Å²) in [7, 11) is 0. The van der Waals surface area contributed by atoms with Crippen LogP contribution in [0.1, 0.15) is 28.8 Å². The molecule has 0 bridgehead atoms. The Morgan fingerprint density at radius 3 is 2.45 bits per heavy atom. The summed E-state index contributed by atoms with van der Waals surface area (Å²) in [5, 5.41) is 12.1. The van der Waals surface area contributed by atoms with Crippen molar-refractivity contribution in [3.8, 4) is 0 Å². The summed E-state index contributed by atoms with van der Waals surface area (Å²) in [6, 6.07) is 17.0. The lowest BCUT2D eigenvalue weighted by atomic mass is 10.0. The maximum absolute atomic E-state index is 13.1. The average Bonchev–Trinajstić information content (AvgIpc) is 3.55. The van der Waals surface area contributed by atoms with Crippen LogP contribution < -0.4 is 10.6 Å². The SMILES string of the molecule is O=C(Nc1ccn(Cc2ccncc2)n1)c1cc2ccccc2cc1NC(=O)C1CC1. The lowest BCUT2D eigenvalue weighted by molar-refractivity contribution is -0.117. The van der Waals surface area contributed by atoms with Gasteiger partial charge in [0.15, 0.2) is 5.82 Å². The third-order valence-corrected chi connectivity index (χ3v) is 5.31. The summed E-state index contributed by atoms with van der Waals surface area (Å²) < 4.78 is 1.75. The number of amides is 2. The molecule has 1 aliphatic rings. The number of carbonyl (C=O) groups excluding carboxylic acids is 2. The molecular weight excluding hydrogens is 390 g/mol. The standard InChI is InChI=1S/C24H21N5O2/c30-23(17-5-6-17)26-21-14-19-4-2-1-3-18(19)13-20(21)24(31)27-22-9-12-29(28-22)15-16-7-10-25-11-8-16/h1-4,7-14,17H,5-6,15H2,(H,26,30)(H,27,28,31). The van der Waals surface area contributed by atoms with Gasteiger partial charge in [0, 0.05) is 30.6 Å². The summed E-state index contributed by atoms with van der Waals surface area (Å²) in [5.74, 6) is 0.148. The lowest BCUT2D eigenvalue weighted by Crippen LogP contribution is -2.19. The smallest absolute Gasteiger partial charge is 0.258 e. The first-order chi connectivity index (χ1) is 15.2. The van der Waals surface area contributed by atoms with Crippen LogP contribution in [-0.2, 0) is 11.3 Å². The molecule has 0 atom stereocenters. The highest BCUT2D eigenvalue weighted by molar-refractivity contribution is 6.12. The van der Waals surface area contributed by atoms with Gasteiger partial charge in [0.2, 0.25) is 5.91 Å². The van der Waals surface area contributed by atoms with E-state index in [9.17, 15) is 9.59 Å². The van der Waals surface area contributed by atoms with E-state index in [4.69, 9.17) is 0 Å². The molecule has 7 nitrogen and oxygen atoms in total. The van der Waals surface area contributed by atoms with Crippen LogP contribution in [0.2, 0.25) is 0 Å². The molecule has 7 heteroatoms. The fraction of sp³-hybridized carbons (Fsp3) is 0.167. The molecule has 0 aliphatic heterocycles. The maximum Gasteiger partial charge on any atom is 0.258 e. The first-order valence-electron chi connectivity index (χ1n) is 10.2. The molecule has 5 rings (SSSR count). The van der Waals surface area contributed by atoms with E-state index in [0.29, 0.717) is 23.6 Å². The number of fused-ring (bicyclic) bond motifs is 1. The molecular formula is C24H21N5O2. The van der Waals surface area contributed by atoms with E-state index in [1.165, 1.54) is 0 Å². The van der Waals surface area contributed by atoms with Gasteiger partial charge in [-0.2, -0.15) is 5.10 Å². The van der Waals surface area contributed by atoms with E-state index in [2.05, 4.69) is 20.7 Å². The van der Waals surface area contributed by atoms with Crippen molar-refractivity contribution in [1.82, 2.24) is 14.8 Å². The van der Waals surface area contributed by atoms with Crippen molar-refractivity contribution in [3.05, 3.63) is 84.3 Å². The quantitative estimate of drug-likeness (QED) is 0.500. The third kappa shape index (κ3) is 4.30.